The van der Waals surface area contributed by atoms with Crippen molar-refractivity contribution in [1.82, 2.24) is 10.6 Å². The molecule has 4 N–H and O–H groups in total. The van der Waals surface area contributed by atoms with E-state index in [1.54, 1.807) is 13.8 Å². The van der Waals surface area contributed by atoms with Crippen LogP contribution in [0.15, 0.2) is 0 Å². The van der Waals surface area contributed by atoms with Gasteiger partial charge in [0.25, 0.3) is 0 Å². The molecule has 0 heterocycles. The molecule has 0 aromatic rings. The number of amides is 2. The smallest absolute Gasteiger partial charge is 0.245 e. The van der Waals surface area contributed by atoms with Crippen LogP contribution in [0.3, 0.4) is 0 Å². The van der Waals surface area contributed by atoms with Crippen molar-refractivity contribution >= 4 is 11.8 Å². The summed E-state index contributed by atoms with van der Waals surface area (Å²) in [5, 5.41) is 23.7. The van der Waals surface area contributed by atoms with Crippen molar-refractivity contribution in [3.8, 4) is 0 Å². The van der Waals surface area contributed by atoms with Crippen molar-refractivity contribution in [2.45, 2.75) is 38.8 Å². The molecular formula is C12H22N2O4. The fraction of sp³-hybridized carbons (Fsp3) is 0.833. The first-order valence-corrected chi connectivity index (χ1v) is 6.32. The predicted octanol–water partition coefficient (Wildman–Crippen LogP) is -0.993. The Morgan fingerprint density at radius 3 is 2.33 bits per heavy atom. The molecule has 6 heteroatoms. The largest absolute Gasteiger partial charge is 0.394 e. The maximum absolute atomic E-state index is 11.7. The van der Waals surface area contributed by atoms with Gasteiger partial charge >= 0.3 is 0 Å². The molecular weight excluding hydrogens is 236 g/mol. The van der Waals surface area contributed by atoms with E-state index in [1.807, 2.05) is 0 Å². The molecule has 2 atom stereocenters. The molecule has 1 aliphatic carbocycles. The third kappa shape index (κ3) is 4.62. The van der Waals surface area contributed by atoms with Gasteiger partial charge in [0.1, 0.15) is 6.04 Å². The third-order valence-corrected chi connectivity index (χ3v) is 2.99. The summed E-state index contributed by atoms with van der Waals surface area (Å²) in [4.78, 5) is 23.1. The zero-order chi connectivity index (χ0) is 13.7. The highest BCUT2D eigenvalue weighted by atomic mass is 16.3. The molecule has 0 bridgehead atoms. The van der Waals surface area contributed by atoms with E-state index < -0.39 is 24.7 Å². The van der Waals surface area contributed by atoms with Crippen molar-refractivity contribution in [2.75, 3.05) is 13.2 Å². The van der Waals surface area contributed by atoms with Crippen molar-refractivity contribution in [3.05, 3.63) is 0 Å². The Hall–Kier alpha value is -1.14. The molecule has 1 saturated carbocycles. The van der Waals surface area contributed by atoms with E-state index in [0.717, 1.165) is 12.8 Å². The van der Waals surface area contributed by atoms with Gasteiger partial charge in [0.15, 0.2) is 0 Å². The molecule has 2 amide bonds. The van der Waals surface area contributed by atoms with Gasteiger partial charge in [0.2, 0.25) is 11.8 Å². The van der Waals surface area contributed by atoms with Crippen LogP contribution in [0.5, 0.6) is 0 Å². The Morgan fingerprint density at radius 1 is 1.28 bits per heavy atom. The highest BCUT2D eigenvalue weighted by molar-refractivity contribution is 5.88. The molecule has 0 aromatic carbocycles. The zero-order valence-corrected chi connectivity index (χ0v) is 10.8. The minimum Gasteiger partial charge on any atom is -0.394 e. The SMILES string of the molecule is CC(C)C(=O)N[C@@H](CO)C(=O)NC[C@H](O)C1CC1. The predicted molar refractivity (Wildman–Crippen MR) is 65.6 cm³/mol. The summed E-state index contributed by atoms with van der Waals surface area (Å²) in [5.74, 6) is -0.717. The van der Waals surface area contributed by atoms with Gasteiger partial charge in [-0.05, 0) is 18.8 Å². The Morgan fingerprint density at radius 2 is 1.89 bits per heavy atom. The number of hydrogen-bond acceptors (Lipinski definition) is 4. The van der Waals surface area contributed by atoms with Crippen molar-refractivity contribution in [1.29, 1.82) is 0 Å². The first-order chi connectivity index (χ1) is 8.45. The Bertz CT molecular complexity index is 302. The van der Waals surface area contributed by atoms with E-state index in [9.17, 15) is 14.7 Å². The van der Waals surface area contributed by atoms with E-state index >= 15 is 0 Å². The minimum absolute atomic E-state index is 0.164. The molecule has 0 radical (unpaired) electrons. The van der Waals surface area contributed by atoms with Gasteiger partial charge in [-0.2, -0.15) is 0 Å². The lowest BCUT2D eigenvalue weighted by atomic mass is 10.1. The van der Waals surface area contributed by atoms with Gasteiger partial charge in [-0.15, -0.1) is 0 Å². The summed E-state index contributed by atoms with van der Waals surface area (Å²) >= 11 is 0. The number of aliphatic hydroxyl groups excluding tert-OH is 2. The van der Waals surface area contributed by atoms with E-state index in [-0.39, 0.29) is 24.3 Å². The fourth-order valence-electron chi connectivity index (χ4n) is 1.51. The first kappa shape index (κ1) is 14.9. The van der Waals surface area contributed by atoms with Crippen LogP contribution in [0.25, 0.3) is 0 Å². The van der Waals surface area contributed by atoms with Crippen LogP contribution in [-0.2, 0) is 9.59 Å². The molecule has 1 fully saturated rings. The lowest BCUT2D eigenvalue weighted by molar-refractivity contribution is -0.131. The van der Waals surface area contributed by atoms with Gasteiger partial charge in [0, 0.05) is 12.5 Å². The Labute approximate surface area is 107 Å². The molecule has 0 aliphatic heterocycles. The van der Waals surface area contributed by atoms with Crippen LogP contribution in [0, 0.1) is 11.8 Å². The molecule has 0 unspecified atom stereocenters. The van der Waals surface area contributed by atoms with Gasteiger partial charge in [0.05, 0.1) is 12.7 Å². The van der Waals surface area contributed by atoms with Crippen LogP contribution >= 0.6 is 0 Å². The third-order valence-electron chi connectivity index (χ3n) is 2.99. The monoisotopic (exact) mass is 258 g/mol. The molecule has 0 spiro atoms. The second-order valence-electron chi connectivity index (χ2n) is 5.05. The number of nitrogens with one attached hydrogen (secondary N) is 2. The van der Waals surface area contributed by atoms with Crippen molar-refractivity contribution < 1.29 is 19.8 Å². The van der Waals surface area contributed by atoms with E-state index in [0.29, 0.717) is 0 Å². The second-order valence-corrected chi connectivity index (χ2v) is 5.05. The molecule has 1 aliphatic rings. The molecule has 18 heavy (non-hydrogen) atoms. The minimum atomic E-state index is -0.952. The van der Waals surface area contributed by atoms with Gasteiger partial charge < -0.3 is 20.8 Å². The highest BCUT2D eigenvalue weighted by Crippen LogP contribution is 2.32. The number of aliphatic hydroxyl groups is 2. The summed E-state index contributed by atoms with van der Waals surface area (Å²) in [6.07, 6.45) is 1.45. The molecule has 104 valence electrons. The van der Waals surface area contributed by atoms with Crippen molar-refractivity contribution in [2.24, 2.45) is 11.8 Å². The standard InChI is InChI=1S/C12H22N2O4/c1-7(2)11(17)14-9(6-15)12(18)13-5-10(16)8-3-4-8/h7-10,15-16H,3-6H2,1-2H3,(H,13,18)(H,14,17)/t9-,10-/m0/s1. The maximum Gasteiger partial charge on any atom is 0.245 e. The first-order valence-electron chi connectivity index (χ1n) is 6.32. The Balaban J connectivity index is 2.33. The normalized spacial score (nSPS) is 18.3. The topological polar surface area (TPSA) is 98.7 Å². The second kappa shape index (κ2) is 6.70. The number of hydrogen-bond donors (Lipinski definition) is 4. The number of rotatable bonds is 7. The van der Waals surface area contributed by atoms with E-state index in [1.165, 1.54) is 0 Å². The van der Waals surface area contributed by atoms with E-state index in [2.05, 4.69) is 10.6 Å². The van der Waals surface area contributed by atoms with E-state index in [4.69, 9.17) is 5.11 Å². The molecule has 1 rings (SSSR count). The zero-order valence-electron chi connectivity index (χ0n) is 10.8. The van der Waals surface area contributed by atoms with Crippen LogP contribution in [0.4, 0.5) is 0 Å². The average Bonchev–Trinajstić information content (AvgIpc) is 3.15. The molecule has 0 saturated heterocycles. The summed E-state index contributed by atoms with van der Waals surface area (Å²) < 4.78 is 0. The number of carbonyl (C=O) groups excluding carboxylic acids is 2. The maximum atomic E-state index is 11.7. The molecule has 0 aromatic heterocycles. The van der Waals surface area contributed by atoms with Gasteiger partial charge in [-0.3, -0.25) is 9.59 Å². The number of carbonyl (C=O) groups is 2. The summed E-state index contributed by atoms with van der Waals surface area (Å²) in [6, 6.07) is -0.952. The lowest BCUT2D eigenvalue weighted by Gasteiger charge is -2.18. The lowest BCUT2D eigenvalue weighted by Crippen LogP contribution is -2.51. The molecule has 6 nitrogen and oxygen atoms in total. The van der Waals surface area contributed by atoms with Crippen molar-refractivity contribution in [3.63, 3.8) is 0 Å². The van der Waals surface area contributed by atoms with Crippen LogP contribution in [0.2, 0.25) is 0 Å². The van der Waals surface area contributed by atoms with Crippen LogP contribution in [-0.4, -0.2) is 47.3 Å². The van der Waals surface area contributed by atoms with Crippen LogP contribution < -0.4 is 10.6 Å². The summed E-state index contributed by atoms with van der Waals surface area (Å²) in [5.41, 5.74) is 0. The fourth-order valence-corrected chi connectivity index (χ4v) is 1.51. The van der Waals surface area contributed by atoms with Crippen LogP contribution in [0.1, 0.15) is 26.7 Å². The quantitative estimate of drug-likeness (QED) is 0.471. The summed E-state index contributed by atoms with van der Waals surface area (Å²) in [7, 11) is 0. The average molecular weight is 258 g/mol. The van der Waals surface area contributed by atoms with Gasteiger partial charge in [-0.1, -0.05) is 13.8 Å². The Kier molecular flexibility index (Phi) is 5.55. The summed E-state index contributed by atoms with van der Waals surface area (Å²) in [6.45, 7) is 3.12. The highest BCUT2D eigenvalue weighted by Gasteiger charge is 2.30. The van der Waals surface area contributed by atoms with Gasteiger partial charge in [-0.25, -0.2) is 0 Å².